The molecule has 0 aliphatic rings. The van der Waals surface area contributed by atoms with Gasteiger partial charge in [-0.1, -0.05) is 19.4 Å². The molecule has 0 N–H and O–H groups in total. The summed E-state index contributed by atoms with van der Waals surface area (Å²) in [6, 6.07) is 6.86. The van der Waals surface area contributed by atoms with Crippen LogP contribution in [0.25, 0.3) is 0 Å². The van der Waals surface area contributed by atoms with Crippen molar-refractivity contribution in [2.75, 3.05) is 0 Å². The van der Waals surface area contributed by atoms with Crippen molar-refractivity contribution in [3.05, 3.63) is 34.9 Å². The SMILES string of the molecule is CC(=O)c1ccc(C)[c-]c1C.[Y+3]. The maximum Gasteiger partial charge on any atom is 3.00 e. The van der Waals surface area contributed by atoms with E-state index in [0.717, 1.165) is 16.7 Å². The van der Waals surface area contributed by atoms with Gasteiger partial charge in [-0.15, -0.1) is 0 Å². The molecule has 0 aromatic heterocycles. The van der Waals surface area contributed by atoms with Gasteiger partial charge < -0.3 is 4.79 Å². The Morgan fingerprint density at radius 2 is 1.92 bits per heavy atom. The molecular formula is C10H11OY+2. The number of rotatable bonds is 1. The first kappa shape index (κ1) is 12.0. The van der Waals surface area contributed by atoms with Gasteiger partial charge in [0.25, 0.3) is 0 Å². The summed E-state index contributed by atoms with van der Waals surface area (Å²) in [5.74, 6) is 0.110. The summed E-state index contributed by atoms with van der Waals surface area (Å²) in [6.45, 7) is 5.45. The Balaban J connectivity index is 0.00000121. The molecule has 1 aromatic rings. The first-order chi connectivity index (χ1) is 5.11. The molecular weight excluding hydrogens is 225 g/mol. The molecule has 1 aromatic carbocycles. The number of carbonyl (C=O) groups excluding carboxylic acids is 1. The van der Waals surface area contributed by atoms with Crippen LogP contribution in [0.15, 0.2) is 12.1 Å². The molecule has 1 nitrogen and oxygen atoms in total. The molecule has 0 spiro atoms. The third-order valence-corrected chi connectivity index (χ3v) is 1.67. The van der Waals surface area contributed by atoms with Crippen LogP contribution in [0.4, 0.5) is 0 Å². The zero-order valence-corrected chi connectivity index (χ0v) is 10.5. The first-order valence-corrected chi connectivity index (χ1v) is 3.61. The molecule has 0 fully saturated rings. The zero-order valence-electron chi connectivity index (χ0n) is 7.64. The van der Waals surface area contributed by atoms with Crippen molar-refractivity contribution >= 4 is 5.78 Å². The molecule has 0 saturated heterocycles. The van der Waals surface area contributed by atoms with Crippen LogP contribution >= 0.6 is 0 Å². The van der Waals surface area contributed by atoms with E-state index in [9.17, 15) is 4.79 Å². The Morgan fingerprint density at radius 3 is 2.33 bits per heavy atom. The van der Waals surface area contributed by atoms with E-state index < -0.39 is 0 Å². The van der Waals surface area contributed by atoms with Gasteiger partial charge in [-0.3, -0.25) is 0 Å². The molecule has 0 saturated carbocycles. The fraction of sp³-hybridized carbons (Fsp3) is 0.300. The van der Waals surface area contributed by atoms with Crippen molar-refractivity contribution in [2.24, 2.45) is 0 Å². The van der Waals surface area contributed by atoms with Crippen molar-refractivity contribution < 1.29 is 37.5 Å². The van der Waals surface area contributed by atoms with Crippen LogP contribution in [-0.2, 0) is 32.7 Å². The van der Waals surface area contributed by atoms with E-state index in [1.165, 1.54) is 0 Å². The topological polar surface area (TPSA) is 17.1 Å². The van der Waals surface area contributed by atoms with Gasteiger partial charge >= 0.3 is 32.7 Å². The van der Waals surface area contributed by atoms with Gasteiger partial charge in [0.1, 0.15) is 5.78 Å². The minimum absolute atomic E-state index is 0. The van der Waals surface area contributed by atoms with Crippen LogP contribution < -0.4 is 0 Å². The van der Waals surface area contributed by atoms with Crippen LogP contribution in [0.1, 0.15) is 28.4 Å². The van der Waals surface area contributed by atoms with Gasteiger partial charge in [0, 0.05) is 0 Å². The molecule has 0 aliphatic heterocycles. The summed E-state index contributed by atoms with van der Waals surface area (Å²) in [7, 11) is 0. The fourth-order valence-corrected chi connectivity index (χ4v) is 1.12. The standard InChI is InChI=1S/C10H11O.Y/c1-7-4-5-10(9(3)11)8(2)6-7;/h4-5H,1-3H3;/q-1;+3. The average Bonchev–Trinajstić information content (AvgIpc) is 1.85. The molecule has 0 atom stereocenters. The van der Waals surface area contributed by atoms with E-state index in [-0.39, 0.29) is 38.5 Å². The van der Waals surface area contributed by atoms with Crippen molar-refractivity contribution in [1.82, 2.24) is 0 Å². The van der Waals surface area contributed by atoms with Crippen LogP contribution in [0.3, 0.4) is 0 Å². The number of ketones is 1. The van der Waals surface area contributed by atoms with E-state index in [1.807, 2.05) is 26.0 Å². The number of benzene rings is 1. The molecule has 0 bridgehead atoms. The van der Waals surface area contributed by atoms with E-state index in [4.69, 9.17) is 0 Å². The summed E-state index contributed by atoms with van der Waals surface area (Å²) in [6.07, 6.45) is 0. The van der Waals surface area contributed by atoms with E-state index in [0.29, 0.717) is 0 Å². The molecule has 0 heterocycles. The van der Waals surface area contributed by atoms with Gasteiger partial charge in [-0.2, -0.15) is 29.3 Å². The van der Waals surface area contributed by atoms with E-state index in [2.05, 4.69) is 6.07 Å². The number of hydrogen-bond acceptors (Lipinski definition) is 1. The van der Waals surface area contributed by atoms with Crippen LogP contribution in [0.2, 0.25) is 0 Å². The summed E-state index contributed by atoms with van der Waals surface area (Å²) < 4.78 is 0. The second-order valence-electron chi connectivity index (χ2n) is 2.74. The Kier molecular flexibility index (Phi) is 4.88. The average molecular weight is 236 g/mol. The van der Waals surface area contributed by atoms with E-state index in [1.54, 1.807) is 6.92 Å². The zero-order chi connectivity index (χ0) is 8.43. The van der Waals surface area contributed by atoms with Gasteiger partial charge in [0.15, 0.2) is 0 Å². The van der Waals surface area contributed by atoms with Crippen LogP contribution in [0.5, 0.6) is 0 Å². The number of carbonyl (C=O) groups is 1. The summed E-state index contributed by atoms with van der Waals surface area (Å²) >= 11 is 0. The summed E-state index contributed by atoms with van der Waals surface area (Å²) in [4.78, 5) is 11.0. The Labute approximate surface area is 98.4 Å². The largest absolute Gasteiger partial charge is 3.00 e. The molecule has 0 aliphatic carbocycles. The smallest absolute Gasteiger partial charge is 0.309 e. The third kappa shape index (κ3) is 2.80. The van der Waals surface area contributed by atoms with Crippen molar-refractivity contribution in [1.29, 1.82) is 0 Å². The molecule has 2 heteroatoms. The minimum Gasteiger partial charge on any atom is -0.309 e. The molecule has 58 valence electrons. The third-order valence-electron chi connectivity index (χ3n) is 1.67. The van der Waals surface area contributed by atoms with Crippen molar-refractivity contribution in [2.45, 2.75) is 20.8 Å². The molecule has 0 amide bonds. The normalized spacial score (nSPS) is 8.92. The summed E-state index contributed by atoms with van der Waals surface area (Å²) in [5.41, 5.74) is 2.79. The maximum absolute atomic E-state index is 11.0. The molecule has 0 unspecified atom stereocenters. The Hall–Kier alpha value is -0.00610. The number of Topliss-reactive ketones (excluding diaryl/α,β-unsaturated/α-hetero) is 1. The Morgan fingerprint density at radius 1 is 1.33 bits per heavy atom. The van der Waals surface area contributed by atoms with Gasteiger partial charge in [0.05, 0.1) is 0 Å². The summed E-state index contributed by atoms with van der Waals surface area (Å²) in [5, 5.41) is 0. The molecule has 1 rings (SSSR count). The molecule has 0 radical (unpaired) electrons. The first-order valence-electron chi connectivity index (χ1n) is 3.61. The minimum atomic E-state index is 0. The fourth-order valence-electron chi connectivity index (χ4n) is 1.12. The maximum atomic E-state index is 11.0. The monoisotopic (exact) mass is 236 g/mol. The molecule has 12 heavy (non-hydrogen) atoms. The van der Waals surface area contributed by atoms with Crippen molar-refractivity contribution in [3.8, 4) is 0 Å². The van der Waals surface area contributed by atoms with Gasteiger partial charge in [-0.25, -0.2) is 0 Å². The Bertz CT molecular complexity index is 292. The number of hydrogen-bond donors (Lipinski definition) is 0. The van der Waals surface area contributed by atoms with Crippen molar-refractivity contribution in [3.63, 3.8) is 0 Å². The second-order valence-corrected chi connectivity index (χ2v) is 2.74. The predicted octanol–water partition coefficient (Wildman–Crippen LogP) is 2.30. The van der Waals surface area contributed by atoms with Gasteiger partial charge in [0.2, 0.25) is 0 Å². The second kappa shape index (κ2) is 4.88. The van der Waals surface area contributed by atoms with Crippen LogP contribution in [-0.4, -0.2) is 5.78 Å². The predicted molar refractivity (Wildman–Crippen MR) is 44.8 cm³/mol. The van der Waals surface area contributed by atoms with Gasteiger partial charge in [-0.05, 0) is 6.92 Å². The van der Waals surface area contributed by atoms with E-state index >= 15 is 0 Å². The number of aryl methyl sites for hydroxylation is 2. The van der Waals surface area contributed by atoms with Crippen LogP contribution in [0, 0.1) is 19.9 Å². The quantitative estimate of drug-likeness (QED) is 0.540.